The van der Waals surface area contributed by atoms with E-state index in [1.165, 1.54) is 5.56 Å². The summed E-state index contributed by atoms with van der Waals surface area (Å²) in [7, 11) is -3.44. The van der Waals surface area contributed by atoms with Gasteiger partial charge in [0.05, 0.1) is 5.75 Å². The molecular formula is C21H28N2O3S2. The highest BCUT2D eigenvalue weighted by Gasteiger charge is 2.22. The number of amides is 1. The molecular weight excluding hydrogens is 392 g/mol. The lowest BCUT2D eigenvalue weighted by Gasteiger charge is -2.18. The van der Waals surface area contributed by atoms with E-state index in [2.05, 4.69) is 35.2 Å². The van der Waals surface area contributed by atoms with Crippen LogP contribution in [0.25, 0.3) is 11.1 Å². The molecule has 0 fully saturated rings. The Morgan fingerprint density at radius 2 is 1.82 bits per heavy atom. The monoisotopic (exact) mass is 420 g/mol. The Morgan fingerprint density at radius 3 is 2.43 bits per heavy atom. The van der Waals surface area contributed by atoms with Crippen molar-refractivity contribution in [2.45, 2.75) is 32.9 Å². The molecule has 0 aromatic heterocycles. The van der Waals surface area contributed by atoms with Crippen molar-refractivity contribution in [3.05, 3.63) is 59.7 Å². The molecule has 0 aliphatic rings. The maximum absolute atomic E-state index is 12.5. The zero-order valence-electron chi connectivity index (χ0n) is 16.6. The number of hydrogen-bond acceptors (Lipinski definition) is 4. The molecule has 0 spiro atoms. The second-order valence-electron chi connectivity index (χ2n) is 6.64. The Labute approximate surface area is 172 Å². The number of benzene rings is 2. The summed E-state index contributed by atoms with van der Waals surface area (Å²) in [6.45, 7) is 3.98. The maximum Gasteiger partial charge on any atom is 0.238 e. The summed E-state index contributed by atoms with van der Waals surface area (Å²) < 4.78 is 26.2. The van der Waals surface area contributed by atoms with Gasteiger partial charge >= 0.3 is 0 Å². The molecule has 0 bridgehead atoms. The average molecular weight is 421 g/mol. The van der Waals surface area contributed by atoms with Gasteiger partial charge in [0, 0.05) is 6.54 Å². The lowest BCUT2D eigenvalue weighted by Crippen LogP contribution is -2.47. The SMILES string of the molecule is CCS(=O)(=O)NC(CCSC)C(=O)NCc1ccc(-c2cccc(C)c2)cc1. The van der Waals surface area contributed by atoms with Crippen LogP contribution in [-0.4, -0.2) is 38.1 Å². The van der Waals surface area contributed by atoms with Crippen molar-refractivity contribution in [3.8, 4) is 11.1 Å². The molecule has 28 heavy (non-hydrogen) atoms. The van der Waals surface area contributed by atoms with Crippen molar-refractivity contribution in [3.63, 3.8) is 0 Å². The second kappa shape index (κ2) is 10.6. The molecule has 1 unspecified atom stereocenters. The highest BCUT2D eigenvalue weighted by atomic mass is 32.2. The number of hydrogen-bond donors (Lipinski definition) is 2. The lowest BCUT2D eigenvalue weighted by molar-refractivity contribution is -0.122. The minimum Gasteiger partial charge on any atom is -0.351 e. The van der Waals surface area contributed by atoms with E-state index in [9.17, 15) is 13.2 Å². The minimum absolute atomic E-state index is 0.0452. The molecule has 2 aromatic rings. The fraction of sp³-hybridized carbons (Fsp3) is 0.381. The molecule has 152 valence electrons. The van der Waals surface area contributed by atoms with E-state index in [0.717, 1.165) is 16.7 Å². The standard InChI is InChI=1S/C21H28N2O3S2/c1-4-28(25,26)23-20(12-13-27-3)21(24)22-15-17-8-10-18(11-9-17)19-7-5-6-16(2)14-19/h5-11,14,20,23H,4,12-13,15H2,1-3H3,(H,22,24). The second-order valence-corrected chi connectivity index (χ2v) is 9.67. The molecule has 1 amide bonds. The molecule has 2 N–H and O–H groups in total. The topological polar surface area (TPSA) is 75.3 Å². The van der Waals surface area contributed by atoms with Gasteiger partial charge in [0.25, 0.3) is 0 Å². The fourth-order valence-corrected chi connectivity index (χ4v) is 4.03. The molecule has 0 heterocycles. The van der Waals surface area contributed by atoms with Crippen molar-refractivity contribution in [2.75, 3.05) is 17.8 Å². The van der Waals surface area contributed by atoms with Crippen LogP contribution in [0, 0.1) is 6.92 Å². The number of carbonyl (C=O) groups excluding carboxylic acids is 1. The van der Waals surface area contributed by atoms with Gasteiger partial charge in [0.15, 0.2) is 0 Å². The first-order valence-corrected chi connectivity index (χ1v) is 12.3. The van der Waals surface area contributed by atoms with E-state index in [0.29, 0.717) is 18.7 Å². The first-order valence-electron chi connectivity index (χ1n) is 9.27. The number of thioether (sulfide) groups is 1. The summed E-state index contributed by atoms with van der Waals surface area (Å²) in [5.74, 6) is 0.361. The van der Waals surface area contributed by atoms with E-state index in [1.54, 1.807) is 18.7 Å². The Hall–Kier alpha value is -1.83. The van der Waals surface area contributed by atoms with E-state index < -0.39 is 16.1 Å². The molecule has 1 atom stereocenters. The number of aryl methyl sites for hydroxylation is 1. The van der Waals surface area contributed by atoms with Crippen molar-refractivity contribution in [1.29, 1.82) is 0 Å². The molecule has 2 rings (SSSR count). The van der Waals surface area contributed by atoms with E-state index >= 15 is 0 Å². The normalized spacial score (nSPS) is 12.5. The predicted molar refractivity (Wildman–Crippen MR) is 118 cm³/mol. The molecule has 0 radical (unpaired) electrons. The van der Waals surface area contributed by atoms with Crippen LogP contribution < -0.4 is 10.0 Å². The largest absolute Gasteiger partial charge is 0.351 e. The van der Waals surface area contributed by atoms with E-state index in [1.807, 2.05) is 36.6 Å². The number of rotatable bonds is 10. The molecule has 0 aliphatic carbocycles. The van der Waals surface area contributed by atoms with Crippen LogP contribution in [0.15, 0.2) is 48.5 Å². The summed E-state index contributed by atoms with van der Waals surface area (Å²) in [6, 6.07) is 15.6. The maximum atomic E-state index is 12.5. The first-order chi connectivity index (χ1) is 13.3. The highest BCUT2D eigenvalue weighted by molar-refractivity contribution is 7.98. The van der Waals surface area contributed by atoms with Crippen LogP contribution in [-0.2, 0) is 21.4 Å². The molecule has 0 saturated heterocycles. The average Bonchev–Trinajstić information content (AvgIpc) is 2.69. The third kappa shape index (κ3) is 6.96. The van der Waals surface area contributed by atoms with Crippen LogP contribution in [0.4, 0.5) is 0 Å². The van der Waals surface area contributed by atoms with Crippen LogP contribution >= 0.6 is 11.8 Å². The third-order valence-electron chi connectivity index (χ3n) is 4.40. The number of sulfonamides is 1. The van der Waals surface area contributed by atoms with Gasteiger partial charge in [-0.2, -0.15) is 11.8 Å². The molecule has 0 aliphatic heterocycles. The van der Waals surface area contributed by atoms with Crippen LogP contribution in [0.1, 0.15) is 24.5 Å². The Bertz CT molecular complexity index is 881. The number of carbonyl (C=O) groups is 1. The zero-order valence-corrected chi connectivity index (χ0v) is 18.2. The molecule has 0 saturated carbocycles. The van der Waals surface area contributed by atoms with Crippen LogP contribution in [0.3, 0.4) is 0 Å². The van der Waals surface area contributed by atoms with Crippen molar-refractivity contribution in [2.24, 2.45) is 0 Å². The predicted octanol–water partition coefficient (Wildman–Crippen LogP) is 3.34. The summed E-state index contributed by atoms with van der Waals surface area (Å²) >= 11 is 1.58. The summed E-state index contributed by atoms with van der Waals surface area (Å²) in [4.78, 5) is 12.5. The van der Waals surface area contributed by atoms with Gasteiger partial charge in [-0.1, -0.05) is 54.1 Å². The quantitative estimate of drug-likeness (QED) is 0.618. The Balaban J connectivity index is 1.99. The first kappa shape index (κ1) is 22.5. The highest BCUT2D eigenvalue weighted by Crippen LogP contribution is 2.20. The van der Waals surface area contributed by atoms with Gasteiger partial charge in [-0.05, 0) is 49.0 Å². The molecule has 5 nitrogen and oxygen atoms in total. The lowest BCUT2D eigenvalue weighted by atomic mass is 10.0. The van der Waals surface area contributed by atoms with Gasteiger partial charge in [-0.15, -0.1) is 0 Å². The summed E-state index contributed by atoms with van der Waals surface area (Å²) in [5.41, 5.74) is 4.44. The zero-order chi connectivity index (χ0) is 20.6. The summed E-state index contributed by atoms with van der Waals surface area (Å²) in [5, 5.41) is 2.85. The van der Waals surface area contributed by atoms with Crippen LogP contribution in [0.2, 0.25) is 0 Å². The van der Waals surface area contributed by atoms with Crippen LogP contribution in [0.5, 0.6) is 0 Å². The van der Waals surface area contributed by atoms with Gasteiger partial charge in [-0.3, -0.25) is 4.79 Å². The molecule has 7 heteroatoms. The smallest absolute Gasteiger partial charge is 0.238 e. The Morgan fingerprint density at radius 1 is 1.11 bits per heavy atom. The van der Waals surface area contributed by atoms with Gasteiger partial charge in [0.1, 0.15) is 6.04 Å². The van der Waals surface area contributed by atoms with Gasteiger partial charge < -0.3 is 5.32 Å². The van der Waals surface area contributed by atoms with E-state index in [4.69, 9.17) is 0 Å². The minimum atomic E-state index is -3.44. The van der Waals surface area contributed by atoms with E-state index in [-0.39, 0.29) is 11.7 Å². The van der Waals surface area contributed by atoms with Crippen molar-refractivity contribution >= 4 is 27.7 Å². The van der Waals surface area contributed by atoms with Gasteiger partial charge in [0.2, 0.25) is 15.9 Å². The van der Waals surface area contributed by atoms with Crippen molar-refractivity contribution in [1.82, 2.24) is 10.0 Å². The Kier molecular flexibility index (Phi) is 8.54. The third-order valence-corrected chi connectivity index (χ3v) is 6.45. The fourth-order valence-electron chi connectivity index (χ4n) is 2.73. The summed E-state index contributed by atoms with van der Waals surface area (Å²) in [6.07, 6.45) is 2.39. The molecule has 2 aromatic carbocycles. The van der Waals surface area contributed by atoms with Gasteiger partial charge in [-0.25, -0.2) is 13.1 Å². The number of nitrogens with one attached hydrogen (secondary N) is 2. The van der Waals surface area contributed by atoms with Crippen molar-refractivity contribution < 1.29 is 13.2 Å².